The lowest BCUT2D eigenvalue weighted by Gasteiger charge is -2.32. The lowest BCUT2D eigenvalue weighted by molar-refractivity contribution is -0.141. The third-order valence-corrected chi connectivity index (χ3v) is 4.77. The Kier molecular flexibility index (Phi) is 4.19. The van der Waals surface area contributed by atoms with Crippen molar-refractivity contribution in [3.05, 3.63) is 24.1 Å². The van der Waals surface area contributed by atoms with Crippen LogP contribution in [0.5, 0.6) is 0 Å². The van der Waals surface area contributed by atoms with Crippen molar-refractivity contribution in [2.75, 3.05) is 13.1 Å². The van der Waals surface area contributed by atoms with E-state index in [-0.39, 0.29) is 13.1 Å². The Labute approximate surface area is 119 Å². The van der Waals surface area contributed by atoms with Crippen LogP contribution >= 0.6 is 0 Å². The first-order valence-electron chi connectivity index (χ1n) is 5.96. The quantitative estimate of drug-likeness (QED) is 0.750. The van der Waals surface area contributed by atoms with Crippen molar-refractivity contribution in [3.8, 4) is 0 Å². The summed E-state index contributed by atoms with van der Waals surface area (Å²) in [5.41, 5.74) is 0. The molecule has 1 fully saturated rings. The van der Waals surface area contributed by atoms with Gasteiger partial charge in [-0.2, -0.15) is 4.31 Å². The molecule has 0 spiro atoms. The zero-order valence-electron chi connectivity index (χ0n) is 10.7. The number of carboxylic acid groups (broad SMARTS) is 1. The minimum Gasteiger partial charge on any atom is -0.481 e. The number of aliphatic carboxylic acids is 1. The van der Waals surface area contributed by atoms with E-state index in [1.807, 2.05) is 0 Å². The molecular weight excluding hydrogens is 305 g/mol. The Bertz CT molecular complexity index is 678. The van der Waals surface area contributed by atoms with Crippen LogP contribution in [-0.4, -0.2) is 53.8 Å². The molecule has 1 aromatic heterocycles. The number of sulfonamides is 1. The molecule has 1 unspecified atom stereocenters. The highest BCUT2D eigenvalue weighted by atomic mass is 32.2. The van der Waals surface area contributed by atoms with Crippen molar-refractivity contribution in [1.82, 2.24) is 14.6 Å². The van der Waals surface area contributed by atoms with Crippen LogP contribution in [0.15, 0.2) is 23.4 Å². The van der Waals surface area contributed by atoms with Gasteiger partial charge < -0.3 is 10.4 Å². The van der Waals surface area contributed by atoms with E-state index >= 15 is 0 Å². The molecule has 10 heteroatoms. The number of piperazine rings is 1. The largest absolute Gasteiger partial charge is 0.481 e. The topological polar surface area (TPSA) is 117 Å². The molecule has 1 aliphatic rings. The molecule has 8 nitrogen and oxygen atoms in total. The number of amides is 1. The molecule has 0 radical (unpaired) electrons. The van der Waals surface area contributed by atoms with Gasteiger partial charge in [-0.3, -0.25) is 9.59 Å². The number of pyridine rings is 1. The van der Waals surface area contributed by atoms with Crippen LogP contribution in [0.1, 0.15) is 6.42 Å². The van der Waals surface area contributed by atoms with Gasteiger partial charge in [0.15, 0.2) is 5.82 Å². The molecule has 2 rings (SSSR count). The van der Waals surface area contributed by atoms with E-state index in [9.17, 15) is 22.4 Å². The SMILES string of the molecule is O=C(O)CC1C(=O)NCCN1S(=O)(=O)c1ncccc1F. The summed E-state index contributed by atoms with van der Waals surface area (Å²) in [6.07, 6.45) is 0.395. The average molecular weight is 317 g/mol. The van der Waals surface area contributed by atoms with Crippen molar-refractivity contribution < 1.29 is 27.5 Å². The van der Waals surface area contributed by atoms with E-state index in [0.717, 1.165) is 12.3 Å². The molecule has 2 heterocycles. The maximum atomic E-state index is 13.6. The number of nitrogens with one attached hydrogen (secondary N) is 1. The first kappa shape index (κ1) is 15.3. The summed E-state index contributed by atoms with van der Waals surface area (Å²) < 4.78 is 39.1. The van der Waals surface area contributed by atoms with Crippen molar-refractivity contribution in [1.29, 1.82) is 0 Å². The van der Waals surface area contributed by atoms with Gasteiger partial charge in [0.2, 0.25) is 10.9 Å². The molecule has 1 saturated heterocycles. The first-order valence-corrected chi connectivity index (χ1v) is 7.40. The lowest BCUT2D eigenvalue weighted by atomic mass is 10.1. The number of nitrogens with zero attached hydrogens (tertiary/aromatic N) is 2. The van der Waals surface area contributed by atoms with Gasteiger partial charge in [-0.15, -0.1) is 0 Å². The Balaban J connectivity index is 2.43. The monoisotopic (exact) mass is 317 g/mol. The zero-order chi connectivity index (χ0) is 15.6. The van der Waals surface area contributed by atoms with E-state index in [0.29, 0.717) is 4.31 Å². The molecule has 1 amide bonds. The smallest absolute Gasteiger partial charge is 0.305 e. The molecule has 0 bridgehead atoms. The molecular formula is C11H12FN3O5S. The predicted octanol–water partition coefficient (Wildman–Crippen LogP) is -0.816. The maximum absolute atomic E-state index is 13.6. The summed E-state index contributed by atoms with van der Waals surface area (Å²) >= 11 is 0. The number of carbonyl (C=O) groups excluding carboxylic acids is 1. The molecule has 0 saturated carbocycles. The van der Waals surface area contributed by atoms with Gasteiger partial charge in [0.1, 0.15) is 6.04 Å². The van der Waals surface area contributed by atoms with Gasteiger partial charge in [-0.05, 0) is 12.1 Å². The van der Waals surface area contributed by atoms with Crippen LogP contribution in [0.4, 0.5) is 4.39 Å². The number of hydrogen-bond donors (Lipinski definition) is 2. The molecule has 1 aromatic rings. The van der Waals surface area contributed by atoms with Crippen LogP contribution in [-0.2, 0) is 19.6 Å². The minimum atomic E-state index is -4.40. The van der Waals surface area contributed by atoms with Crippen LogP contribution in [0.3, 0.4) is 0 Å². The van der Waals surface area contributed by atoms with Gasteiger partial charge in [-0.1, -0.05) is 0 Å². The van der Waals surface area contributed by atoms with E-state index in [1.165, 1.54) is 6.07 Å². The van der Waals surface area contributed by atoms with Crippen molar-refractivity contribution in [2.24, 2.45) is 0 Å². The normalized spacial score (nSPS) is 20.0. The third kappa shape index (κ3) is 3.00. The fourth-order valence-electron chi connectivity index (χ4n) is 2.01. The second-order valence-corrected chi connectivity index (χ2v) is 6.12. The highest BCUT2D eigenvalue weighted by Crippen LogP contribution is 2.21. The fourth-order valence-corrected chi connectivity index (χ4v) is 3.58. The van der Waals surface area contributed by atoms with Crippen molar-refractivity contribution in [3.63, 3.8) is 0 Å². The molecule has 21 heavy (non-hydrogen) atoms. The fraction of sp³-hybridized carbons (Fsp3) is 0.364. The van der Waals surface area contributed by atoms with Crippen LogP contribution in [0.2, 0.25) is 0 Å². The van der Waals surface area contributed by atoms with Crippen LogP contribution in [0.25, 0.3) is 0 Å². The van der Waals surface area contributed by atoms with Gasteiger partial charge >= 0.3 is 5.97 Å². The molecule has 114 valence electrons. The second-order valence-electron chi connectivity index (χ2n) is 4.31. The lowest BCUT2D eigenvalue weighted by Crippen LogP contribution is -2.57. The van der Waals surface area contributed by atoms with Crippen molar-refractivity contribution in [2.45, 2.75) is 17.5 Å². The number of rotatable bonds is 4. The second kappa shape index (κ2) is 5.74. The summed E-state index contributed by atoms with van der Waals surface area (Å²) in [5.74, 6) is -3.13. The summed E-state index contributed by atoms with van der Waals surface area (Å²) in [5, 5.41) is 10.4. The summed E-state index contributed by atoms with van der Waals surface area (Å²) in [7, 11) is -4.40. The van der Waals surface area contributed by atoms with E-state index in [4.69, 9.17) is 5.11 Å². The maximum Gasteiger partial charge on any atom is 0.305 e. The average Bonchev–Trinajstić information content (AvgIpc) is 2.40. The van der Waals surface area contributed by atoms with Gasteiger partial charge in [-0.25, -0.2) is 17.8 Å². The highest BCUT2D eigenvalue weighted by molar-refractivity contribution is 7.89. The van der Waals surface area contributed by atoms with Gasteiger partial charge in [0.25, 0.3) is 10.0 Å². The number of carbonyl (C=O) groups is 2. The minimum absolute atomic E-state index is 0.0165. The zero-order valence-corrected chi connectivity index (χ0v) is 11.5. The number of halogens is 1. The standard InChI is InChI=1S/C11H12FN3O5S/c12-7-2-1-3-14-11(7)21(19,20)15-5-4-13-10(18)8(15)6-9(16)17/h1-3,8H,4-6H2,(H,13,18)(H,16,17). The summed E-state index contributed by atoms with van der Waals surface area (Å²) in [6.45, 7) is -0.134. The molecule has 0 aromatic carbocycles. The molecule has 1 atom stereocenters. The Morgan fingerprint density at radius 3 is 2.90 bits per heavy atom. The molecule has 2 N–H and O–H groups in total. The van der Waals surface area contributed by atoms with E-state index in [2.05, 4.69) is 10.3 Å². The Morgan fingerprint density at radius 2 is 2.29 bits per heavy atom. The highest BCUT2D eigenvalue weighted by Gasteiger charge is 2.41. The summed E-state index contributed by atoms with van der Waals surface area (Å²) in [4.78, 5) is 26.0. The molecule has 0 aliphatic carbocycles. The molecule has 1 aliphatic heterocycles. The first-order chi connectivity index (χ1) is 9.84. The number of carboxylic acids is 1. The number of hydrogen-bond acceptors (Lipinski definition) is 5. The van der Waals surface area contributed by atoms with Gasteiger partial charge in [0.05, 0.1) is 6.42 Å². The Hall–Kier alpha value is -2.07. The van der Waals surface area contributed by atoms with Crippen LogP contribution < -0.4 is 5.32 Å². The summed E-state index contributed by atoms with van der Waals surface area (Å²) in [6, 6.07) is 0.727. The van der Waals surface area contributed by atoms with Gasteiger partial charge in [0, 0.05) is 19.3 Å². The Morgan fingerprint density at radius 1 is 1.57 bits per heavy atom. The van der Waals surface area contributed by atoms with Crippen LogP contribution in [0, 0.1) is 5.82 Å². The van der Waals surface area contributed by atoms with Crippen molar-refractivity contribution >= 4 is 21.9 Å². The third-order valence-electron chi connectivity index (χ3n) is 2.93. The number of aromatic nitrogens is 1. The van der Waals surface area contributed by atoms with E-state index in [1.54, 1.807) is 0 Å². The van der Waals surface area contributed by atoms with E-state index < -0.39 is 45.2 Å². The predicted molar refractivity (Wildman–Crippen MR) is 67.1 cm³/mol.